The van der Waals surface area contributed by atoms with E-state index < -0.39 is 5.25 Å². The highest BCUT2D eigenvalue weighted by Gasteiger charge is 2.25. The van der Waals surface area contributed by atoms with Crippen LogP contribution in [0.3, 0.4) is 0 Å². The Hall–Kier alpha value is -1.63. The fourth-order valence-corrected chi connectivity index (χ4v) is 4.42. The minimum Gasteiger partial charge on any atom is -0.465 e. The SMILES string of the molecule is CCOC(=O)C(Sc1nc2cc(Cl)ccc2s1)c1cccnc1. The molecule has 1 atom stereocenters. The first-order valence-corrected chi connectivity index (χ1v) is 9.04. The summed E-state index contributed by atoms with van der Waals surface area (Å²) in [6.45, 7) is 2.13. The molecule has 0 aliphatic carbocycles. The van der Waals surface area contributed by atoms with Gasteiger partial charge in [0.15, 0.2) is 4.34 Å². The minimum atomic E-state index is -0.486. The van der Waals surface area contributed by atoms with Crippen LogP contribution >= 0.6 is 34.7 Å². The van der Waals surface area contributed by atoms with E-state index in [1.165, 1.54) is 23.1 Å². The number of halogens is 1. The van der Waals surface area contributed by atoms with Gasteiger partial charge in [-0.05, 0) is 36.8 Å². The number of esters is 1. The molecule has 0 spiro atoms. The molecule has 1 aromatic carbocycles. The molecule has 3 aromatic rings. The molecule has 23 heavy (non-hydrogen) atoms. The number of ether oxygens (including phenoxy) is 1. The summed E-state index contributed by atoms with van der Waals surface area (Å²) in [6.07, 6.45) is 3.36. The van der Waals surface area contributed by atoms with E-state index in [9.17, 15) is 4.79 Å². The van der Waals surface area contributed by atoms with Gasteiger partial charge in [0.05, 0.1) is 16.8 Å². The molecule has 4 nitrogen and oxygen atoms in total. The number of hydrogen-bond donors (Lipinski definition) is 0. The number of pyridine rings is 1. The summed E-state index contributed by atoms with van der Waals surface area (Å²) in [5.74, 6) is -0.289. The van der Waals surface area contributed by atoms with Crippen LogP contribution in [0.25, 0.3) is 10.2 Å². The van der Waals surface area contributed by atoms with E-state index in [1.807, 2.05) is 24.3 Å². The van der Waals surface area contributed by atoms with Crippen molar-refractivity contribution in [3.63, 3.8) is 0 Å². The Morgan fingerprint density at radius 2 is 2.30 bits per heavy atom. The lowest BCUT2D eigenvalue weighted by molar-refractivity contribution is -0.142. The Morgan fingerprint density at radius 1 is 1.43 bits per heavy atom. The van der Waals surface area contributed by atoms with Crippen molar-refractivity contribution >= 4 is 50.9 Å². The van der Waals surface area contributed by atoms with Crippen molar-refractivity contribution in [2.24, 2.45) is 0 Å². The quantitative estimate of drug-likeness (QED) is 0.483. The van der Waals surface area contributed by atoms with Crippen molar-refractivity contribution in [2.75, 3.05) is 6.61 Å². The van der Waals surface area contributed by atoms with E-state index in [-0.39, 0.29) is 5.97 Å². The Morgan fingerprint density at radius 3 is 3.04 bits per heavy atom. The van der Waals surface area contributed by atoms with Crippen molar-refractivity contribution in [2.45, 2.75) is 16.5 Å². The highest BCUT2D eigenvalue weighted by Crippen LogP contribution is 2.40. The summed E-state index contributed by atoms with van der Waals surface area (Å²) in [5.41, 5.74) is 1.63. The van der Waals surface area contributed by atoms with Crippen molar-refractivity contribution in [1.29, 1.82) is 0 Å². The molecule has 3 rings (SSSR count). The van der Waals surface area contributed by atoms with Gasteiger partial charge in [-0.25, -0.2) is 4.98 Å². The number of hydrogen-bond acceptors (Lipinski definition) is 6. The molecule has 0 radical (unpaired) electrons. The van der Waals surface area contributed by atoms with E-state index in [2.05, 4.69) is 9.97 Å². The molecule has 0 aliphatic rings. The maximum atomic E-state index is 12.3. The molecule has 0 saturated carbocycles. The standard InChI is InChI=1S/C16H13ClN2O2S2/c1-2-21-15(20)14(10-4-3-7-18-9-10)23-16-19-12-8-11(17)5-6-13(12)22-16/h3-9,14H,2H2,1H3. The highest BCUT2D eigenvalue weighted by atomic mass is 35.5. The van der Waals surface area contributed by atoms with E-state index in [4.69, 9.17) is 16.3 Å². The molecule has 0 bridgehead atoms. The van der Waals surface area contributed by atoms with Gasteiger partial charge in [0.2, 0.25) is 0 Å². The highest BCUT2D eigenvalue weighted by molar-refractivity contribution is 8.02. The average molecular weight is 365 g/mol. The number of carbonyl (C=O) groups excluding carboxylic acids is 1. The van der Waals surface area contributed by atoms with Crippen LogP contribution in [-0.4, -0.2) is 22.5 Å². The molecular formula is C16H13ClN2O2S2. The monoisotopic (exact) mass is 364 g/mol. The molecule has 1 unspecified atom stereocenters. The van der Waals surface area contributed by atoms with Crippen LogP contribution in [0.5, 0.6) is 0 Å². The molecule has 7 heteroatoms. The lowest BCUT2D eigenvalue weighted by Crippen LogP contribution is -2.13. The van der Waals surface area contributed by atoms with Crippen LogP contribution in [0.1, 0.15) is 17.7 Å². The Balaban J connectivity index is 1.91. The molecule has 0 saturated heterocycles. The number of rotatable bonds is 5. The summed E-state index contributed by atoms with van der Waals surface area (Å²) >= 11 is 8.90. The zero-order valence-corrected chi connectivity index (χ0v) is 14.6. The lowest BCUT2D eigenvalue weighted by atomic mass is 10.2. The Bertz CT molecular complexity index is 823. The van der Waals surface area contributed by atoms with Crippen molar-refractivity contribution in [3.05, 3.63) is 53.3 Å². The zero-order chi connectivity index (χ0) is 16.2. The maximum absolute atomic E-state index is 12.3. The van der Waals surface area contributed by atoms with Gasteiger partial charge in [-0.2, -0.15) is 0 Å². The average Bonchev–Trinajstić information content (AvgIpc) is 2.95. The van der Waals surface area contributed by atoms with Gasteiger partial charge in [-0.3, -0.25) is 9.78 Å². The fraction of sp³-hybridized carbons (Fsp3) is 0.188. The van der Waals surface area contributed by atoms with E-state index in [0.29, 0.717) is 11.6 Å². The first kappa shape index (κ1) is 16.2. The predicted molar refractivity (Wildman–Crippen MR) is 94.1 cm³/mol. The Labute approximate surface area is 146 Å². The third-order valence-corrected chi connectivity index (χ3v) is 5.63. The lowest BCUT2D eigenvalue weighted by Gasteiger charge is -2.13. The van der Waals surface area contributed by atoms with Crippen LogP contribution in [-0.2, 0) is 9.53 Å². The zero-order valence-electron chi connectivity index (χ0n) is 12.2. The van der Waals surface area contributed by atoms with Crippen molar-refractivity contribution < 1.29 is 9.53 Å². The molecule has 0 aliphatic heterocycles. The fourth-order valence-electron chi connectivity index (χ4n) is 2.03. The van der Waals surface area contributed by atoms with Crippen molar-refractivity contribution in [3.8, 4) is 0 Å². The second-order valence-electron chi connectivity index (χ2n) is 4.63. The molecule has 0 amide bonds. The molecule has 118 valence electrons. The van der Waals surface area contributed by atoms with Crippen molar-refractivity contribution in [1.82, 2.24) is 9.97 Å². The number of fused-ring (bicyclic) bond motifs is 1. The third-order valence-electron chi connectivity index (χ3n) is 3.04. The van der Waals surface area contributed by atoms with Crippen LogP contribution in [0, 0.1) is 0 Å². The summed E-state index contributed by atoms with van der Waals surface area (Å²) in [6, 6.07) is 9.26. The van der Waals surface area contributed by atoms with Gasteiger partial charge in [0, 0.05) is 17.4 Å². The van der Waals surface area contributed by atoms with Gasteiger partial charge in [0.25, 0.3) is 0 Å². The van der Waals surface area contributed by atoms with Crippen LogP contribution in [0.4, 0.5) is 0 Å². The van der Waals surface area contributed by atoms with E-state index in [1.54, 1.807) is 25.4 Å². The molecular weight excluding hydrogens is 352 g/mol. The van der Waals surface area contributed by atoms with Gasteiger partial charge in [0.1, 0.15) is 5.25 Å². The number of thioether (sulfide) groups is 1. The predicted octanol–water partition coefficient (Wildman–Crippen LogP) is 4.74. The number of thiazole rings is 1. The molecule has 0 fully saturated rings. The second kappa shape index (κ2) is 7.29. The normalized spacial score (nSPS) is 12.3. The van der Waals surface area contributed by atoms with Gasteiger partial charge < -0.3 is 4.74 Å². The Kier molecular flexibility index (Phi) is 5.15. The van der Waals surface area contributed by atoms with Crippen LogP contribution in [0.2, 0.25) is 5.02 Å². The largest absolute Gasteiger partial charge is 0.465 e. The topological polar surface area (TPSA) is 52.1 Å². The molecule has 0 N–H and O–H groups in total. The summed E-state index contributed by atoms with van der Waals surface area (Å²) in [4.78, 5) is 20.9. The number of aromatic nitrogens is 2. The number of nitrogens with zero attached hydrogens (tertiary/aromatic N) is 2. The van der Waals surface area contributed by atoms with Gasteiger partial charge >= 0.3 is 5.97 Å². The van der Waals surface area contributed by atoms with Crippen LogP contribution in [0.15, 0.2) is 47.1 Å². The first-order chi connectivity index (χ1) is 11.2. The molecule has 2 aromatic heterocycles. The van der Waals surface area contributed by atoms with E-state index >= 15 is 0 Å². The summed E-state index contributed by atoms with van der Waals surface area (Å²) in [7, 11) is 0. The third kappa shape index (κ3) is 3.83. The molecule has 2 heterocycles. The number of benzene rings is 1. The summed E-state index contributed by atoms with van der Waals surface area (Å²) in [5, 5.41) is 0.160. The second-order valence-corrected chi connectivity index (χ2v) is 7.45. The van der Waals surface area contributed by atoms with E-state index in [0.717, 1.165) is 20.1 Å². The maximum Gasteiger partial charge on any atom is 0.324 e. The van der Waals surface area contributed by atoms with Gasteiger partial charge in [-0.15, -0.1) is 11.3 Å². The smallest absolute Gasteiger partial charge is 0.324 e. The van der Waals surface area contributed by atoms with Crippen LogP contribution < -0.4 is 0 Å². The first-order valence-electron chi connectivity index (χ1n) is 6.96. The summed E-state index contributed by atoms with van der Waals surface area (Å²) < 4.78 is 7.02. The number of carbonyl (C=O) groups is 1. The van der Waals surface area contributed by atoms with Gasteiger partial charge in [-0.1, -0.05) is 29.4 Å². The minimum absolute atomic E-state index is 0.289.